The molecule has 1 saturated carbocycles. The zero-order valence-corrected chi connectivity index (χ0v) is 8.73. The van der Waals surface area contributed by atoms with Crippen molar-refractivity contribution in [3.63, 3.8) is 0 Å². The third kappa shape index (κ3) is 1.14. The van der Waals surface area contributed by atoms with E-state index in [2.05, 4.69) is 5.16 Å². The molecule has 0 aromatic rings. The lowest BCUT2D eigenvalue weighted by Gasteiger charge is -2.17. The molecule has 15 heavy (non-hydrogen) atoms. The van der Waals surface area contributed by atoms with Crippen molar-refractivity contribution < 1.29 is 14.7 Å². The first-order valence-corrected chi connectivity index (χ1v) is 4.89. The standard InChI is InChI=1S/C9H13N3O3/c1-9(2)11(14)7-5-3-4-6(10-13)8(7)12(9)15/h13H,3-5H2,1-2H3/b10-6+. The monoisotopic (exact) mass is 211 g/mol. The molecule has 0 amide bonds. The number of hydrogen-bond acceptors (Lipinski definition) is 4. The van der Waals surface area contributed by atoms with E-state index >= 15 is 0 Å². The van der Waals surface area contributed by atoms with Gasteiger partial charge in [-0.25, -0.2) is 0 Å². The Morgan fingerprint density at radius 2 is 1.93 bits per heavy atom. The van der Waals surface area contributed by atoms with Gasteiger partial charge in [-0.05, 0) is 6.42 Å². The van der Waals surface area contributed by atoms with Gasteiger partial charge in [0.25, 0.3) is 5.71 Å². The maximum absolute atomic E-state index is 11.9. The summed E-state index contributed by atoms with van der Waals surface area (Å²) in [6.07, 6.45) is 1.85. The molecule has 2 rings (SSSR count). The summed E-state index contributed by atoms with van der Waals surface area (Å²) in [7, 11) is 0. The number of nitrogens with zero attached hydrogens (tertiary/aromatic N) is 3. The fourth-order valence-electron chi connectivity index (χ4n) is 2.04. The van der Waals surface area contributed by atoms with Gasteiger partial charge in [0.2, 0.25) is 0 Å². The third-order valence-corrected chi connectivity index (χ3v) is 2.94. The molecule has 0 radical (unpaired) electrons. The Morgan fingerprint density at radius 3 is 2.53 bits per heavy atom. The van der Waals surface area contributed by atoms with E-state index in [-0.39, 0.29) is 5.71 Å². The molecule has 6 heteroatoms. The van der Waals surface area contributed by atoms with Gasteiger partial charge in [-0.3, -0.25) is 0 Å². The smallest absolute Gasteiger partial charge is 0.366 e. The molecular formula is C9H13N3O3. The molecular weight excluding hydrogens is 198 g/mol. The Labute approximate surface area is 87.0 Å². The molecule has 1 aliphatic heterocycles. The first-order chi connectivity index (χ1) is 7.00. The second-order valence-corrected chi connectivity index (χ2v) is 4.28. The van der Waals surface area contributed by atoms with Crippen LogP contribution < -0.4 is 0 Å². The van der Waals surface area contributed by atoms with Crippen molar-refractivity contribution >= 4 is 17.1 Å². The van der Waals surface area contributed by atoms with Crippen LogP contribution in [0, 0.1) is 10.4 Å². The van der Waals surface area contributed by atoms with Crippen molar-refractivity contribution in [2.45, 2.75) is 38.8 Å². The average molecular weight is 211 g/mol. The molecule has 0 bridgehead atoms. The van der Waals surface area contributed by atoms with Crippen LogP contribution in [0.5, 0.6) is 0 Å². The fraction of sp³-hybridized carbons (Fsp3) is 0.667. The molecule has 0 aromatic carbocycles. The molecule has 1 N–H and O–H groups in total. The van der Waals surface area contributed by atoms with Crippen LogP contribution in [0.25, 0.3) is 0 Å². The van der Waals surface area contributed by atoms with Crippen LogP contribution in [0.3, 0.4) is 0 Å². The molecule has 0 spiro atoms. The van der Waals surface area contributed by atoms with Gasteiger partial charge >= 0.3 is 11.4 Å². The van der Waals surface area contributed by atoms with E-state index in [9.17, 15) is 10.4 Å². The van der Waals surface area contributed by atoms with Gasteiger partial charge in [-0.2, -0.15) is 0 Å². The summed E-state index contributed by atoms with van der Waals surface area (Å²) in [5, 5.41) is 35.6. The molecule has 0 aromatic heterocycles. The number of hydroxylamine groups is 2. The summed E-state index contributed by atoms with van der Waals surface area (Å²) in [6.45, 7) is 3.11. The SMILES string of the molecule is CC1(C)[N+]([O-])=C2CCC/C(=N\O)C2=[N+]1[O-]. The minimum Gasteiger partial charge on any atom is -0.618 e. The number of rotatable bonds is 0. The minimum absolute atomic E-state index is 0.253. The number of hydrogen-bond donors (Lipinski definition) is 1. The summed E-state index contributed by atoms with van der Waals surface area (Å²) >= 11 is 0. The first-order valence-electron chi connectivity index (χ1n) is 4.89. The highest BCUT2D eigenvalue weighted by Gasteiger charge is 2.52. The van der Waals surface area contributed by atoms with Crippen LogP contribution in [0.1, 0.15) is 33.1 Å². The van der Waals surface area contributed by atoms with E-state index in [1.807, 2.05) is 0 Å². The van der Waals surface area contributed by atoms with Gasteiger partial charge in [0, 0.05) is 12.8 Å². The number of oxime groups is 1. The zero-order valence-electron chi connectivity index (χ0n) is 8.73. The highest BCUT2D eigenvalue weighted by molar-refractivity contribution is 6.67. The van der Waals surface area contributed by atoms with Crippen LogP contribution in [-0.4, -0.2) is 37.5 Å². The quantitative estimate of drug-likeness (QED) is 0.276. The van der Waals surface area contributed by atoms with Gasteiger partial charge in [0.15, 0.2) is 5.71 Å². The molecule has 1 heterocycles. The van der Waals surface area contributed by atoms with Crippen LogP contribution in [0.4, 0.5) is 0 Å². The van der Waals surface area contributed by atoms with Crippen molar-refractivity contribution in [3.05, 3.63) is 10.4 Å². The molecule has 2 aliphatic rings. The Hall–Kier alpha value is -1.59. The fourth-order valence-corrected chi connectivity index (χ4v) is 2.04. The van der Waals surface area contributed by atoms with Crippen molar-refractivity contribution in [1.82, 2.24) is 0 Å². The maximum Gasteiger partial charge on any atom is 0.366 e. The maximum atomic E-state index is 11.9. The molecule has 0 saturated heterocycles. The van der Waals surface area contributed by atoms with Gasteiger partial charge < -0.3 is 15.6 Å². The van der Waals surface area contributed by atoms with Crippen LogP contribution in [0.2, 0.25) is 0 Å². The Morgan fingerprint density at radius 1 is 1.27 bits per heavy atom. The van der Waals surface area contributed by atoms with Gasteiger partial charge in [-0.1, -0.05) is 5.16 Å². The second-order valence-electron chi connectivity index (χ2n) is 4.28. The van der Waals surface area contributed by atoms with Crippen molar-refractivity contribution in [2.24, 2.45) is 5.16 Å². The van der Waals surface area contributed by atoms with Crippen LogP contribution in [0.15, 0.2) is 5.16 Å². The lowest BCUT2D eigenvalue weighted by atomic mass is 9.94. The average Bonchev–Trinajstić information content (AvgIpc) is 2.41. The highest BCUT2D eigenvalue weighted by Crippen LogP contribution is 2.23. The summed E-state index contributed by atoms with van der Waals surface area (Å²) in [5.74, 6) is 0. The van der Waals surface area contributed by atoms with E-state index in [1.165, 1.54) is 0 Å². The van der Waals surface area contributed by atoms with E-state index in [4.69, 9.17) is 5.21 Å². The predicted molar refractivity (Wildman–Crippen MR) is 54.4 cm³/mol. The number of fused-ring (bicyclic) bond motifs is 1. The highest BCUT2D eigenvalue weighted by atomic mass is 16.5. The van der Waals surface area contributed by atoms with Crippen LogP contribution >= 0.6 is 0 Å². The van der Waals surface area contributed by atoms with E-state index in [1.54, 1.807) is 13.8 Å². The lowest BCUT2D eigenvalue weighted by Crippen LogP contribution is -2.39. The molecule has 0 atom stereocenters. The molecule has 1 aliphatic carbocycles. The summed E-state index contributed by atoms with van der Waals surface area (Å²) in [4.78, 5) is 0. The van der Waals surface area contributed by atoms with Gasteiger partial charge in [0.05, 0.1) is 13.8 Å². The second kappa shape index (κ2) is 2.95. The summed E-state index contributed by atoms with van der Waals surface area (Å²) in [6, 6.07) is 0. The summed E-state index contributed by atoms with van der Waals surface area (Å²) < 4.78 is 1.36. The van der Waals surface area contributed by atoms with E-state index in [0.717, 1.165) is 11.2 Å². The predicted octanol–water partition coefficient (Wildman–Crippen LogP) is 0.653. The molecule has 0 unspecified atom stereocenters. The van der Waals surface area contributed by atoms with Crippen molar-refractivity contribution in [1.29, 1.82) is 0 Å². The van der Waals surface area contributed by atoms with Gasteiger partial charge in [-0.15, -0.1) is 9.48 Å². The molecule has 82 valence electrons. The van der Waals surface area contributed by atoms with E-state index < -0.39 is 5.66 Å². The first kappa shape index (κ1) is 9.95. The van der Waals surface area contributed by atoms with E-state index in [0.29, 0.717) is 29.0 Å². The van der Waals surface area contributed by atoms with Gasteiger partial charge in [0.1, 0.15) is 0 Å². The van der Waals surface area contributed by atoms with Crippen molar-refractivity contribution in [3.8, 4) is 0 Å². The normalized spacial score (nSPS) is 27.5. The topological polar surface area (TPSA) is 84.7 Å². The molecule has 1 fully saturated rings. The van der Waals surface area contributed by atoms with Crippen molar-refractivity contribution in [2.75, 3.05) is 0 Å². The molecule has 6 nitrogen and oxygen atoms in total. The lowest BCUT2D eigenvalue weighted by molar-refractivity contribution is -0.754. The minimum atomic E-state index is -1.13. The van der Waals surface area contributed by atoms with Crippen LogP contribution in [-0.2, 0) is 0 Å². The Kier molecular flexibility index (Phi) is 1.95. The third-order valence-electron chi connectivity index (χ3n) is 2.94. The largest absolute Gasteiger partial charge is 0.618 e. The Bertz CT molecular complexity index is 407. The zero-order chi connectivity index (χ0) is 11.2. The summed E-state index contributed by atoms with van der Waals surface area (Å²) in [5.41, 5.74) is -0.124. The Balaban J connectivity index is 2.62.